The van der Waals surface area contributed by atoms with E-state index in [2.05, 4.69) is 30.2 Å². The first kappa shape index (κ1) is 13.2. The van der Waals surface area contributed by atoms with Crippen LogP contribution in [-0.2, 0) is 0 Å². The summed E-state index contributed by atoms with van der Waals surface area (Å²) in [6.07, 6.45) is 6.99. The van der Waals surface area contributed by atoms with Crippen molar-refractivity contribution < 1.29 is 0 Å². The minimum atomic E-state index is 0.334. The van der Waals surface area contributed by atoms with E-state index in [0.717, 1.165) is 22.3 Å². The molecule has 0 amide bonds. The van der Waals surface area contributed by atoms with Crippen molar-refractivity contribution >= 4 is 22.3 Å². The van der Waals surface area contributed by atoms with Crippen LogP contribution in [0.15, 0.2) is 30.5 Å². The van der Waals surface area contributed by atoms with Gasteiger partial charge >= 0.3 is 0 Å². The van der Waals surface area contributed by atoms with Crippen molar-refractivity contribution in [2.75, 3.05) is 11.1 Å². The van der Waals surface area contributed by atoms with Crippen LogP contribution in [0.3, 0.4) is 0 Å². The molecule has 0 bridgehead atoms. The smallest absolute Gasteiger partial charge is 0.0953 e. The van der Waals surface area contributed by atoms with Gasteiger partial charge in [-0.1, -0.05) is 26.7 Å². The number of aromatic nitrogens is 1. The topological polar surface area (TPSA) is 50.9 Å². The van der Waals surface area contributed by atoms with E-state index in [0.29, 0.717) is 11.5 Å². The number of anilines is 2. The predicted molar refractivity (Wildman–Crippen MR) is 85.8 cm³/mol. The second-order valence-electron chi connectivity index (χ2n) is 6.53. The van der Waals surface area contributed by atoms with Crippen molar-refractivity contribution in [1.82, 2.24) is 4.98 Å². The zero-order valence-corrected chi connectivity index (χ0v) is 12.3. The minimum Gasteiger partial charge on any atom is -0.398 e. The lowest BCUT2D eigenvalue weighted by Gasteiger charge is -2.39. The van der Waals surface area contributed by atoms with Crippen molar-refractivity contribution in [3.05, 3.63) is 30.5 Å². The third kappa shape index (κ3) is 2.33. The van der Waals surface area contributed by atoms with Crippen LogP contribution in [0.2, 0.25) is 0 Å². The molecule has 1 unspecified atom stereocenters. The van der Waals surface area contributed by atoms with E-state index in [1.54, 1.807) is 0 Å². The summed E-state index contributed by atoms with van der Waals surface area (Å²) >= 11 is 0. The first-order valence-corrected chi connectivity index (χ1v) is 7.48. The van der Waals surface area contributed by atoms with Gasteiger partial charge < -0.3 is 11.1 Å². The third-order valence-corrected chi connectivity index (χ3v) is 4.64. The van der Waals surface area contributed by atoms with Gasteiger partial charge in [-0.3, -0.25) is 4.98 Å². The molecule has 3 rings (SSSR count). The maximum atomic E-state index is 6.04. The molecule has 1 aliphatic carbocycles. The Kier molecular flexibility index (Phi) is 3.28. The molecule has 1 aliphatic rings. The Labute approximate surface area is 120 Å². The van der Waals surface area contributed by atoms with Crippen LogP contribution >= 0.6 is 0 Å². The summed E-state index contributed by atoms with van der Waals surface area (Å²) in [6.45, 7) is 4.72. The zero-order chi connectivity index (χ0) is 14.2. The van der Waals surface area contributed by atoms with E-state index in [1.807, 2.05) is 24.4 Å². The van der Waals surface area contributed by atoms with Crippen LogP contribution in [0.5, 0.6) is 0 Å². The first-order chi connectivity index (χ1) is 9.58. The van der Waals surface area contributed by atoms with Gasteiger partial charge in [-0.2, -0.15) is 0 Å². The average Bonchev–Trinajstić information content (AvgIpc) is 2.44. The number of fused-ring (bicyclic) bond motifs is 1. The van der Waals surface area contributed by atoms with Gasteiger partial charge in [0.15, 0.2) is 0 Å². The van der Waals surface area contributed by atoms with E-state index < -0.39 is 0 Å². The zero-order valence-electron chi connectivity index (χ0n) is 12.3. The Morgan fingerprint density at radius 3 is 2.90 bits per heavy atom. The highest BCUT2D eigenvalue weighted by Gasteiger charge is 2.32. The fourth-order valence-electron chi connectivity index (χ4n) is 3.26. The van der Waals surface area contributed by atoms with Gasteiger partial charge in [-0.15, -0.1) is 0 Å². The number of nitrogen functional groups attached to an aromatic ring is 1. The number of nitrogens with one attached hydrogen (secondary N) is 1. The Hall–Kier alpha value is -1.77. The lowest BCUT2D eigenvalue weighted by molar-refractivity contribution is 0.217. The quantitative estimate of drug-likeness (QED) is 0.803. The van der Waals surface area contributed by atoms with Crippen molar-refractivity contribution in [2.24, 2.45) is 5.41 Å². The fourth-order valence-corrected chi connectivity index (χ4v) is 3.26. The standard InChI is InChI=1S/C17H23N3/c1-17(2)10-4-3-7-15(17)20-14-9-8-13(18)12-6-5-11-19-16(12)14/h5-6,8-9,11,15,20H,3-4,7,10,18H2,1-2H3. The molecule has 1 saturated carbocycles. The monoisotopic (exact) mass is 269 g/mol. The summed E-state index contributed by atoms with van der Waals surface area (Å²) in [6, 6.07) is 8.52. The first-order valence-electron chi connectivity index (χ1n) is 7.48. The van der Waals surface area contributed by atoms with E-state index in [4.69, 9.17) is 5.73 Å². The maximum absolute atomic E-state index is 6.04. The molecular weight excluding hydrogens is 246 g/mol. The van der Waals surface area contributed by atoms with Gasteiger partial charge in [0.2, 0.25) is 0 Å². The van der Waals surface area contributed by atoms with Crippen molar-refractivity contribution in [1.29, 1.82) is 0 Å². The van der Waals surface area contributed by atoms with Crippen molar-refractivity contribution in [2.45, 2.75) is 45.6 Å². The van der Waals surface area contributed by atoms with Gasteiger partial charge in [0.05, 0.1) is 11.2 Å². The maximum Gasteiger partial charge on any atom is 0.0953 e. The summed E-state index contributed by atoms with van der Waals surface area (Å²) in [5.41, 5.74) is 9.26. The van der Waals surface area contributed by atoms with E-state index in [1.165, 1.54) is 25.7 Å². The van der Waals surface area contributed by atoms with Crippen LogP contribution in [0.25, 0.3) is 10.9 Å². The second kappa shape index (κ2) is 4.97. The van der Waals surface area contributed by atoms with Gasteiger partial charge in [0.25, 0.3) is 0 Å². The molecule has 0 radical (unpaired) electrons. The molecular formula is C17H23N3. The number of pyridine rings is 1. The predicted octanol–water partition coefficient (Wildman–Crippen LogP) is 4.20. The normalized spacial score (nSPS) is 21.8. The van der Waals surface area contributed by atoms with Crippen LogP contribution in [0, 0.1) is 5.41 Å². The largest absolute Gasteiger partial charge is 0.398 e. The molecule has 3 nitrogen and oxygen atoms in total. The molecule has 0 aliphatic heterocycles. The van der Waals surface area contributed by atoms with E-state index in [9.17, 15) is 0 Å². The summed E-state index contributed by atoms with van der Waals surface area (Å²) < 4.78 is 0. The summed E-state index contributed by atoms with van der Waals surface area (Å²) in [5, 5.41) is 4.76. The molecule has 2 aromatic rings. The molecule has 3 heteroatoms. The average molecular weight is 269 g/mol. The molecule has 20 heavy (non-hydrogen) atoms. The van der Waals surface area contributed by atoms with Crippen molar-refractivity contribution in [3.63, 3.8) is 0 Å². The Morgan fingerprint density at radius 1 is 1.25 bits per heavy atom. The highest BCUT2D eigenvalue weighted by molar-refractivity contribution is 5.98. The number of nitrogens with zero attached hydrogens (tertiary/aromatic N) is 1. The molecule has 3 N–H and O–H groups in total. The van der Waals surface area contributed by atoms with Gasteiger partial charge in [0, 0.05) is 23.3 Å². The Balaban J connectivity index is 1.97. The number of hydrogen-bond donors (Lipinski definition) is 2. The molecule has 1 aromatic heterocycles. The molecule has 0 spiro atoms. The minimum absolute atomic E-state index is 0.334. The number of hydrogen-bond acceptors (Lipinski definition) is 3. The number of rotatable bonds is 2. The van der Waals surface area contributed by atoms with E-state index >= 15 is 0 Å². The molecule has 1 aromatic carbocycles. The number of nitrogens with two attached hydrogens (primary N) is 1. The van der Waals surface area contributed by atoms with Crippen LogP contribution in [0.4, 0.5) is 11.4 Å². The van der Waals surface area contributed by atoms with Gasteiger partial charge in [-0.25, -0.2) is 0 Å². The van der Waals surface area contributed by atoms with E-state index in [-0.39, 0.29) is 0 Å². The lowest BCUT2D eigenvalue weighted by atomic mass is 9.73. The number of benzene rings is 1. The van der Waals surface area contributed by atoms with Crippen molar-refractivity contribution in [3.8, 4) is 0 Å². The second-order valence-corrected chi connectivity index (χ2v) is 6.53. The summed E-state index contributed by atoms with van der Waals surface area (Å²) in [7, 11) is 0. The summed E-state index contributed by atoms with van der Waals surface area (Å²) in [4.78, 5) is 4.51. The molecule has 1 atom stereocenters. The van der Waals surface area contributed by atoms with Crippen LogP contribution in [0.1, 0.15) is 39.5 Å². The molecule has 0 saturated heterocycles. The highest BCUT2D eigenvalue weighted by Crippen LogP contribution is 2.38. The van der Waals surface area contributed by atoms with Gasteiger partial charge in [0.1, 0.15) is 0 Å². The lowest BCUT2D eigenvalue weighted by Crippen LogP contribution is -2.39. The van der Waals surface area contributed by atoms with Gasteiger partial charge in [-0.05, 0) is 42.5 Å². The Morgan fingerprint density at radius 2 is 2.10 bits per heavy atom. The van der Waals surface area contributed by atoms with Crippen LogP contribution in [-0.4, -0.2) is 11.0 Å². The highest BCUT2D eigenvalue weighted by atomic mass is 15.0. The Bertz CT molecular complexity index is 619. The van der Waals surface area contributed by atoms with Crippen LogP contribution < -0.4 is 11.1 Å². The third-order valence-electron chi connectivity index (χ3n) is 4.64. The molecule has 106 valence electrons. The SMILES string of the molecule is CC1(C)CCCCC1Nc1ccc(N)c2cccnc12. The molecule has 1 fully saturated rings. The fraction of sp³-hybridized carbons (Fsp3) is 0.471. The summed E-state index contributed by atoms with van der Waals surface area (Å²) in [5.74, 6) is 0. The molecule has 1 heterocycles.